The molecule has 0 aliphatic heterocycles. The van der Waals surface area contributed by atoms with Crippen LogP contribution < -0.4 is 5.32 Å². The van der Waals surface area contributed by atoms with Crippen molar-refractivity contribution in [1.29, 1.82) is 0 Å². The van der Waals surface area contributed by atoms with E-state index in [1.165, 1.54) is 11.1 Å². The molecule has 1 rings (SSSR count). The number of ether oxygens (including phenoxy) is 1. The smallest absolute Gasteiger partial charge is 0.305 e. The summed E-state index contributed by atoms with van der Waals surface area (Å²) >= 11 is 0. The van der Waals surface area contributed by atoms with E-state index in [4.69, 9.17) is 4.74 Å². The Hall–Kier alpha value is -1.35. The summed E-state index contributed by atoms with van der Waals surface area (Å²) in [6.45, 7) is 7.43. The lowest BCUT2D eigenvalue weighted by molar-refractivity contribution is -0.143. The summed E-state index contributed by atoms with van der Waals surface area (Å²) in [5, 5.41) is 3.43. The molecule has 3 heteroatoms. The number of carbonyl (C=O) groups is 1. The summed E-state index contributed by atoms with van der Waals surface area (Å²) in [7, 11) is 0. The zero-order valence-electron chi connectivity index (χ0n) is 12.2. The van der Waals surface area contributed by atoms with Gasteiger partial charge in [0.05, 0.1) is 6.61 Å². The molecular formula is C16H25NO2. The van der Waals surface area contributed by atoms with Crippen molar-refractivity contribution in [3.63, 3.8) is 0 Å². The summed E-state index contributed by atoms with van der Waals surface area (Å²) in [5.74, 6) is -0.107. The van der Waals surface area contributed by atoms with E-state index in [1.807, 2.05) is 6.92 Å². The summed E-state index contributed by atoms with van der Waals surface area (Å²) in [5.41, 5.74) is 2.64. The van der Waals surface area contributed by atoms with E-state index in [-0.39, 0.29) is 5.97 Å². The molecule has 0 heterocycles. The van der Waals surface area contributed by atoms with Gasteiger partial charge in [0.2, 0.25) is 0 Å². The molecule has 0 aromatic heterocycles. The molecule has 0 fully saturated rings. The van der Waals surface area contributed by atoms with Gasteiger partial charge in [0, 0.05) is 12.5 Å². The third-order valence-electron chi connectivity index (χ3n) is 3.20. The first-order valence-corrected chi connectivity index (χ1v) is 7.15. The Morgan fingerprint density at radius 1 is 1.26 bits per heavy atom. The van der Waals surface area contributed by atoms with E-state index < -0.39 is 0 Å². The summed E-state index contributed by atoms with van der Waals surface area (Å²) in [6, 6.07) is 9.00. The largest absolute Gasteiger partial charge is 0.466 e. The van der Waals surface area contributed by atoms with Gasteiger partial charge >= 0.3 is 5.97 Å². The molecule has 0 saturated heterocycles. The summed E-state index contributed by atoms with van der Waals surface area (Å²) in [6.07, 6.45) is 2.38. The Bertz CT molecular complexity index is 373. The minimum atomic E-state index is -0.107. The Labute approximate surface area is 116 Å². The van der Waals surface area contributed by atoms with Crippen LogP contribution in [0.4, 0.5) is 0 Å². The Morgan fingerprint density at radius 3 is 2.53 bits per heavy atom. The van der Waals surface area contributed by atoms with Crippen molar-refractivity contribution in [3.8, 4) is 0 Å². The van der Waals surface area contributed by atoms with E-state index in [0.29, 0.717) is 19.1 Å². The zero-order valence-corrected chi connectivity index (χ0v) is 12.2. The van der Waals surface area contributed by atoms with Gasteiger partial charge < -0.3 is 10.1 Å². The molecule has 1 atom stereocenters. The van der Waals surface area contributed by atoms with E-state index in [0.717, 1.165) is 19.4 Å². The fourth-order valence-electron chi connectivity index (χ4n) is 1.94. The highest BCUT2D eigenvalue weighted by Crippen LogP contribution is 2.13. The van der Waals surface area contributed by atoms with Crippen molar-refractivity contribution < 1.29 is 9.53 Å². The van der Waals surface area contributed by atoms with E-state index in [1.54, 1.807) is 0 Å². The molecule has 1 N–H and O–H groups in total. The van der Waals surface area contributed by atoms with Gasteiger partial charge in [-0.3, -0.25) is 4.79 Å². The SMILES string of the molecule is CCOC(=O)CCCNC(C)c1ccc(CC)cc1. The molecule has 1 unspecified atom stereocenters. The lowest BCUT2D eigenvalue weighted by Crippen LogP contribution is -2.20. The fraction of sp³-hybridized carbons (Fsp3) is 0.562. The highest BCUT2D eigenvalue weighted by molar-refractivity contribution is 5.69. The van der Waals surface area contributed by atoms with Crippen molar-refractivity contribution in [2.75, 3.05) is 13.2 Å². The molecule has 3 nitrogen and oxygen atoms in total. The fourth-order valence-corrected chi connectivity index (χ4v) is 1.94. The van der Waals surface area contributed by atoms with Gasteiger partial charge in [-0.1, -0.05) is 31.2 Å². The number of aryl methyl sites for hydroxylation is 1. The van der Waals surface area contributed by atoms with Crippen LogP contribution in [0.25, 0.3) is 0 Å². The van der Waals surface area contributed by atoms with Crippen molar-refractivity contribution in [3.05, 3.63) is 35.4 Å². The van der Waals surface area contributed by atoms with Crippen molar-refractivity contribution in [2.45, 2.75) is 46.1 Å². The Kier molecular flexibility index (Phi) is 7.19. The molecule has 0 aliphatic rings. The van der Waals surface area contributed by atoms with Gasteiger partial charge in [-0.05, 0) is 44.4 Å². The first kappa shape index (κ1) is 15.7. The van der Waals surface area contributed by atoms with Gasteiger partial charge in [-0.2, -0.15) is 0 Å². The van der Waals surface area contributed by atoms with Crippen LogP contribution in [0.15, 0.2) is 24.3 Å². The minimum absolute atomic E-state index is 0.107. The van der Waals surface area contributed by atoms with Crippen LogP contribution in [0, 0.1) is 0 Å². The van der Waals surface area contributed by atoms with E-state index in [2.05, 4.69) is 43.4 Å². The number of benzene rings is 1. The lowest BCUT2D eigenvalue weighted by Gasteiger charge is -2.14. The summed E-state index contributed by atoms with van der Waals surface area (Å²) in [4.78, 5) is 11.2. The predicted molar refractivity (Wildman–Crippen MR) is 78.1 cm³/mol. The zero-order chi connectivity index (χ0) is 14.1. The monoisotopic (exact) mass is 263 g/mol. The van der Waals surface area contributed by atoms with Crippen LogP contribution in [0.2, 0.25) is 0 Å². The standard InChI is InChI=1S/C16H25NO2/c1-4-14-8-10-15(11-9-14)13(3)17-12-6-7-16(18)19-5-2/h8-11,13,17H,4-7,12H2,1-3H3. The van der Waals surface area contributed by atoms with Gasteiger partial charge in [-0.15, -0.1) is 0 Å². The molecule has 19 heavy (non-hydrogen) atoms. The topological polar surface area (TPSA) is 38.3 Å². The van der Waals surface area contributed by atoms with Gasteiger partial charge in [0.1, 0.15) is 0 Å². The number of carbonyl (C=O) groups excluding carboxylic acids is 1. The van der Waals surface area contributed by atoms with Gasteiger partial charge in [-0.25, -0.2) is 0 Å². The predicted octanol–water partition coefficient (Wildman–Crippen LogP) is 3.24. The number of rotatable bonds is 8. The lowest BCUT2D eigenvalue weighted by atomic mass is 10.0. The van der Waals surface area contributed by atoms with Crippen LogP contribution in [0.5, 0.6) is 0 Å². The summed E-state index contributed by atoms with van der Waals surface area (Å²) < 4.78 is 4.89. The molecule has 1 aromatic rings. The molecule has 0 spiro atoms. The van der Waals surface area contributed by atoms with Crippen molar-refractivity contribution >= 4 is 5.97 Å². The first-order chi connectivity index (χ1) is 9.17. The molecule has 0 bridgehead atoms. The number of hydrogen-bond donors (Lipinski definition) is 1. The quantitative estimate of drug-likeness (QED) is 0.578. The molecular weight excluding hydrogens is 238 g/mol. The highest BCUT2D eigenvalue weighted by atomic mass is 16.5. The Morgan fingerprint density at radius 2 is 1.95 bits per heavy atom. The number of esters is 1. The maximum Gasteiger partial charge on any atom is 0.305 e. The average Bonchev–Trinajstić information content (AvgIpc) is 2.44. The maximum atomic E-state index is 11.2. The maximum absolute atomic E-state index is 11.2. The molecule has 0 radical (unpaired) electrons. The van der Waals surface area contributed by atoms with Gasteiger partial charge in [0.15, 0.2) is 0 Å². The van der Waals surface area contributed by atoms with E-state index in [9.17, 15) is 4.79 Å². The average molecular weight is 263 g/mol. The van der Waals surface area contributed by atoms with Gasteiger partial charge in [0.25, 0.3) is 0 Å². The van der Waals surface area contributed by atoms with Crippen LogP contribution in [-0.4, -0.2) is 19.1 Å². The van der Waals surface area contributed by atoms with Crippen molar-refractivity contribution in [1.82, 2.24) is 5.32 Å². The van der Waals surface area contributed by atoms with Crippen molar-refractivity contribution in [2.24, 2.45) is 0 Å². The minimum Gasteiger partial charge on any atom is -0.466 e. The number of hydrogen-bond acceptors (Lipinski definition) is 3. The normalized spacial score (nSPS) is 12.2. The Balaban J connectivity index is 2.26. The molecule has 0 aliphatic carbocycles. The molecule has 0 saturated carbocycles. The second kappa shape index (κ2) is 8.70. The first-order valence-electron chi connectivity index (χ1n) is 7.15. The highest BCUT2D eigenvalue weighted by Gasteiger charge is 2.05. The van der Waals surface area contributed by atoms with E-state index >= 15 is 0 Å². The molecule has 1 aromatic carbocycles. The third-order valence-corrected chi connectivity index (χ3v) is 3.20. The van der Waals surface area contributed by atoms with Crippen LogP contribution >= 0.6 is 0 Å². The third kappa shape index (κ3) is 5.88. The van der Waals surface area contributed by atoms with Crippen LogP contribution in [-0.2, 0) is 16.0 Å². The van der Waals surface area contributed by atoms with Crippen LogP contribution in [0.1, 0.15) is 50.8 Å². The molecule has 106 valence electrons. The number of nitrogens with one attached hydrogen (secondary N) is 1. The second-order valence-electron chi connectivity index (χ2n) is 4.68. The van der Waals surface area contributed by atoms with Crippen LogP contribution in [0.3, 0.4) is 0 Å². The molecule has 0 amide bonds. The second-order valence-corrected chi connectivity index (χ2v) is 4.68.